The lowest BCUT2D eigenvalue weighted by Gasteiger charge is -2.32. The van der Waals surface area contributed by atoms with Crippen molar-refractivity contribution >= 4 is 42.5 Å². The van der Waals surface area contributed by atoms with Gasteiger partial charge in [0.15, 0.2) is 0 Å². The van der Waals surface area contributed by atoms with Crippen LogP contribution in [-0.2, 0) is 36.7 Å². The van der Waals surface area contributed by atoms with E-state index in [-0.39, 0.29) is 35.5 Å². The Bertz CT molecular complexity index is 1170. The first kappa shape index (κ1) is 27.3. The zero-order valence-electron chi connectivity index (χ0n) is 20.5. The average molecular weight is 500 g/mol. The van der Waals surface area contributed by atoms with Gasteiger partial charge >= 0.3 is 20.2 Å². The van der Waals surface area contributed by atoms with Crippen LogP contribution in [0.15, 0.2) is 36.4 Å². The summed E-state index contributed by atoms with van der Waals surface area (Å²) >= 11 is 0. The summed E-state index contributed by atoms with van der Waals surface area (Å²) < 4.78 is 21.7. The third-order valence-electron chi connectivity index (χ3n) is 6.30. The lowest BCUT2D eigenvalue weighted by molar-refractivity contribution is -0.383. The van der Waals surface area contributed by atoms with Crippen molar-refractivity contribution in [2.45, 2.75) is 59.0 Å². The van der Waals surface area contributed by atoms with E-state index < -0.39 is 41.3 Å². The Kier molecular flexibility index (Phi) is 7.84. The summed E-state index contributed by atoms with van der Waals surface area (Å²) in [5.74, 6) is -0.462. The predicted octanol–water partition coefficient (Wildman–Crippen LogP) is 1.77. The Morgan fingerprint density at radius 2 is 1.53 bits per heavy atom. The van der Waals surface area contributed by atoms with E-state index in [1.807, 2.05) is 27.7 Å². The first-order valence-electron chi connectivity index (χ1n) is 11.1. The molecule has 0 unspecified atom stereocenters. The normalized spacial score (nSPS) is 17.2. The molecule has 0 aromatic heterocycles. The van der Waals surface area contributed by atoms with Gasteiger partial charge in [-0.1, -0.05) is 24.3 Å². The first-order valence-corrected chi connectivity index (χ1v) is 11.1. The van der Waals surface area contributed by atoms with Crippen molar-refractivity contribution < 1.29 is 38.4 Å². The highest BCUT2D eigenvalue weighted by Gasteiger charge is 2.54. The topological polar surface area (TPSA) is 160 Å². The van der Waals surface area contributed by atoms with Crippen molar-refractivity contribution in [3.8, 4) is 0 Å². The molecule has 4 rings (SSSR count). The lowest BCUT2D eigenvalue weighted by Crippen LogP contribution is -2.41. The van der Waals surface area contributed by atoms with E-state index >= 15 is 0 Å². The van der Waals surface area contributed by atoms with E-state index in [4.69, 9.17) is 18.7 Å². The second-order valence-electron chi connectivity index (χ2n) is 9.25. The molecule has 0 bridgehead atoms. The second-order valence-corrected chi connectivity index (χ2v) is 9.25. The molecule has 2 heterocycles. The highest BCUT2D eigenvalue weighted by Crippen LogP contribution is 2.37. The van der Waals surface area contributed by atoms with Crippen molar-refractivity contribution in [3.63, 3.8) is 0 Å². The maximum Gasteiger partial charge on any atom is 0.502 e. The summed E-state index contributed by atoms with van der Waals surface area (Å²) in [4.78, 5) is 32.0. The Labute approximate surface area is 208 Å². The summed E-state index contributed by atoms with van der Waals surface area (Å²) in [5.41, 5.74) is 0.301. The Hall–Kier alpha value is -3.32. The molecule has 0 saturated carbocycles. The number of nitro groups is 2. The Morgan fingerprint density at radius 1 is 1.00 bits per heavy atom. The number of ether oxygens (including phenoxy) is 1. The molecule has 1 fully saturated rings. The summed E-state index contributed by atoms with van der Waals surface area (Å²) in [6.45, 7) is 8.92. The van der Waals surface area contributed by atoms with Crippen LogP contribution >= 0.6 is 0 Å². The molecular weight excluding hydrogens is 474 g/mol. The van der Waals surface area contributed by atoms with Gasteiger partial charge in [0, 0.05) is 19.1 Å². The van der Waals surface area contributed by atoms with Gasteiger partial charge in [-0.3, -0.25) is 25.0 Å². The fraction of sp³-hybridized carbons (Fsp3) is 0.409. The van der Waals surface area contributed by atoms with E-state index in [1.165, 1.54) is 19.1 Å². The maximum atomic E-state index is 11.4. The molecular formula is C22H26B2N2O10. The predicted molar refractivity (Wildman–Crippen MR) is 130 cm³/mol. The fourth-order valence-electron chi connectivity index (χ4n) is 3.72. The highest BCUT2D eigenvalue weighted by molar-refractivity contribution is 6.64. The number of benzene rings is 2. The zero-order valence-corrected chi connectivity index (χ0v) is 20.5. The molecule has 0 atom stereocenters. The summed E-state index contributed by atoms with van der Waals surface area (Å²) in [6, 6.07) is 9.24. The van der Waals surface area contributed by atoms with Gasteiger partial charge in [0.1, 0.15) is 6.61 Å². The number of rotatable bonds is 5. The molecule has 0 amide bonds. The molecule has 1 N–H and O–H groups in total. The lowest BCUT2D eigenvalue weighted by atomic mass is 9.74. The number of nitrogens with zero attached hydrogens (tertiary/aromatic N) is 2. The molecule has 0 aliphatic carbocycles. The highest BCUT2D eigenvalue weighted by atomic mass is 16.7. The molecule has 14 heteroatoms. The van der Waals surface area contributed by atoms with Gasteiger partial charge in [-0.15, -0.1) is 0 Å². The Balaban J connectivity index is 0.000000233. The minimum absolute atomic E-state index is 0.0730. The Morgan fingerprint density at radius 3 is 2.06 bits per heavy atom. The van der Waals surface area contributed by atoms with Crippen molar-refractivity contribution in [2.75, 3.05) is 0 Å². The molecule has 1 saturated heterocycles. The number of hydrogen-bond acceptors (Lipinski definition) is 10. The maximum absolute atomic E-state index is 11.4. The van der Waals surface area contributed by atoms with E-state index in [2.05, 4.69) is 0 Å². The quantitative estimate of drug-likeness (QED) is 0.277. The van der Waals surface area contributed by atoms with Crippen LogP contribution in [0.1, 0.15) is 45.7 Å². The number of carbonyl (C=O) groups is 1. The average Bonchev–Trinajstić information content (AvgIpc) is 3.27. The van der Waals surface area contributed by atoms with Crippen LogP contribution in [0.2, 0.25) is 0 Å². The number of carbonyl (C=O) groups excluding carboxylic acids is 1. The van der Waals surface area contributed by atoms with Gasteiger partial charge in [0.25, 0.3) is 11.4 Å². The van der Waals surface area contributed by atoms with E-state index in [0.717, 1.165) is 0 Å². The molecule has 12 nitrogen and oxygen atoms in total. The minimum Gasteiger partial charge on any atom is -0.461 e. The van der Waals surface area contributed by atoms with Crippen LogP contribution in [0.25, 0.3) is 0 Å². The van der Waals surface area contributed by atoms with Gasteiger partial charge < -0.3 is 23.7 Å². The van der Waals surface area contributed by atoms with E-state index in [0.29, 0.717) is 11.1 Å². The van der Waals surface area contributed by atoms with Gasteiger partial charge in [-0.25, -0.2) is 0 Å². The van der Waals surface area contributed by atoms with Crippen molar-refractivity contribution in [2.24, 2.45) is 0 Å². The standard InChI is InChI=1S/C15H20BNO6.C7H6BNO4/c1-10(18)21-9-11-7-6-8-12(17(19)20)13(11)16-22-14(2,3)15(4,5)23-16;10-8-7-5(4-13-8)2-1-3-6(7)9(11)12/h6-8H,9H2,1-5H3;1-3,10H,4H2. The SMILES string of the molecule is CC(=O)OCc1cccc([N+](=O)[O-])c1B1OC(C)(C)C(C)(C)O1.O=[N+]([O-])c1cccc2c1B(O)OC2. The van der Waals surface area contributed by atoms with Crippen LogP contribution in [0, 0.1) is 20.2 Å². The fourth-order valence-corrected chi connectivity index (χ4v) is 3.72. The first-order chi connectivity index (χ1) is 16.7. The molecule has 36 heavy (non-hydrogen) atoms. The summed E-state index contributed by atoms with van der Waals surface area (Å²) in [6.07, 6.45) is 0. The third kappa shape index (κ3) is 5.57. The smallest absolute Gasteiger partial charge is 0.461 e. The van der Waals surface area contributed by atoms with Crippen LogP contribution in [0.3, 0.4) is 0 Å². The van der Waals surface area contributed by atoms with Crippen LogP contribution < -0.4 is 10.9 Å². The van der Waals surface area contributed by atoms with Gasteiger partial charge in [-0.2, -0.15) is 0 Å². The molecule has 0 radical (unpaired) electrons. The van der Waals surface area contributed by atoms with Crippen LogP contribution in [0.4, 0.5) is 11.4 Å². The van der Waals surface area contributed by atoms with Crippen molar-refractivity contribution in [3.05, 3.63) is 67.8 Å². The monoisotopic (exact) mass is 500 g/mol. The van der Waals surface area contributed by atoms with Crippen molar-refractivity contribution in [1.29, 1.82) is 0 Å². The third-order valence-corrected chi connectivity index (χ3v) is 6.30. The van der Waals surface area contributed by atoms with Crippen LogP contribution in [-0.4, -0.2) is 46.3 Å². The summed E-state index contributed by atoms with van der Waals surface area (Å²) in [5, 5.41) is 31.2. The molecule has 2 aliphatic heterocycles. The van der Waals surface area contributed by atoms with Crippen LogP contribution in [0.5, 0.6) is 0 Å². The molecule has 0 spiro atoms. The number of fused-ring (bicyclic) bond motifs is 1. The molecule has 2 aromatic carbocycles. The molecule has 2 aromatic rings. The molecule has 2 aliphatic rings. The minimum atomic E-state index is -1.16. The largest absolute Gasteiger partial charge is 0.502 e. The number of esters is 1. The van der Waals surface area contributed by atoms with Gasteiger partial charge in [0.05, 0.1) is 38.6 Å². The zero-order chi connectivity index (χ0) is 26.8. The molecule has 190 valence electrons. The second kappa shape index (κ2) is 10.3. The number of nitro benzene ring substituents is 2. The van der Waals surface area contributed by atoms with Gasteiger partial charge in [0.2, 0.25) is 0 Å². The number of hydrogen-bond donors (Lipinski definition) is 1. The van der Waals surface area contributed by atoms with Gasteiger partial charge in [-0.05, 0) is 38.8 Å². The van der Waals surface area contributed by atoms with E-state index in [1.54, 1.807) is 24.3 Å². The summed E-state index contributed by atoms with van der Waals surface area (Å²) in [7, 11) is -2.05. The van der Waals surface area contributed by atoms with E-state index in [9.17, 15) is 30.0 Å². The van der Waals surface area contributed by atoms with Crippen molar-refractivity contribution in [1.82, 2.24) is 0 Å².